The van der Waals surface area contributed by atoms with Crippen LogP contribution in [0.25, 0.3) is 0 Å². The van der Waals surface area contributed by atoms with E-state index in [4.69, 9.17) is 9.47 Å². The van der Waals surface area contributed by atoms with Gasteiger partial charge in [0.05, 0.1) is 18.4 Å². The van der Waals surface area contributed by atoms with Gasteiger partial charge < -0.3 is 9.47 Å². The van der Waals surface area contributed by atoms with E-state index in [0.29, 0.717) is 6.61 Å². The van der Waals surface area contributed by atoms with Gasteiger partial charge in [0.2, 0.25) is 0 Å². The standard InChI is InChI=1S/C22H40O4/c1-4-7-9-12-17-25-21(23)19-15-10-11-16-20(19)22(24)26-18(13-6-3)14-8-5-2/h18-20H,4-17H2,1-3H3. The minimum atomic E-state index is -0.312. The zero-order valence-electron chi connectivity index (χ0n) is 17.3. The van der Waals surface area contributed by atoms with Crippen molar-refractivity contribution in [2.24, 2.45) is 11.8 Å². The minimum Gasteiger partial charge on any atom is -0.465 e. The molecule has 0 heterocycles. The van der Waals surface area contributed by atoms with Crippen molar-refractivity contribution >= 4 is 11.9 Å². The summed E-state index contributed by atoms with van der Waals surface area (Å²) in [7, 11) is 0. The summed E-state index contributed by atoms with van der Waals surface area (Å²) >= 11 is 0. The van der Waals surface area contributed by atoms with Gasteiger partial charge in [-0.3, -0.25) is 9.59 Å². The van der Waals surface area contributed by atoms with Crippen molar-refractivity contribution in [3.05, 3.63) is 0 Å². The first kappa shape index (κ1) is 23.0. The van der Waals surface area contributed by atoms with Gasteiger partial charge >= 0.3 is 11.9 Å². The van der Waals surface area contributed by atoms with Crippen LogP contribution in [0, 0.1) is 11.8 Å². The molecular formula is C22H40O4. The second kappa shape index (κ2) is 14.1. The lowest BCUT2D eigenvalue weighted by Crippen LogP contribution is -2.36. The molecule has 1 saturated carbocycles. The maximum atomic E-state index is 12.7. The summed E-state index contributed by atoms with van der Waals surface area (Å²) in [4.78, 5) is 25.2. The second-order valence-electron chi connectivity index (χ2n) is 7.72. The molecule has 0 bridgehead atoms. The molecule has 0 N–H and O–H groups in total. The van der Waals surface area contributed by atoms with E-state index in [1.165, 1.54) is 12.8 Å². The molecule has 0 aliphatic heterocycles. The smallest absolute Gasteiger partial charge is 0.310 e. The van der Waals surface area contributed by atoms with Gasteiger partial charge in [0.25, 0.3) is 0 Å². The Morgan fingerprint density at radius 2 is 1.46 bits per heavy atom. The first-order valence-corrected chi connectivity index (χ1v) is 11.0. The Morgan fingerprint density at radius 3 is 2.08 bits per heavy atom. The topological polar surface area (TPSA) is 52.6 Å². The number of hydrogen-bond donors (Lipinski definition) is 0. The molecule has 1 fully saturated rings. The molecular weight excluding hydrogens is 328 g/mol. The fraction of sp³-hybridized carbons (Fsp3) is 0.909. The van der Waals surface area contributed by atoms with Crippen molar-refractivity contribution in [1.29, 1.82) is 0 Å². The summed E-state index contributed by atoms with van der Waals surface area (Å²) in [6.07, 6.45) is 12.9. The van der Waals surface area contributed by atoms with Gasteiger partial charge in [-0.1, -0.05) is 72.1 Å². The third-order valence-electron chi connectivity index (χ3n) is 5.39. The number of rotatable bonds is 13. The molecule has 3 atom stereocenters. The van der Waals surface area contributed by atoms with Crippen molar-refractivity contribution in [1.82, 2.24) is 0 Å². The van der Waals surface area contributed by atoms with Crippen LogP contribution in [0.2, 0.25) is 0 Å². The van der Waals surface area contributed by atoms with E-state index in [1.807, 2.05) is 0 Å². The number of esters is 2. The molecule has 0 amide bonds. The number of carbonyl (C=O) groups is 2. The van der Waals surface area contributed by atoms with E-state index in [1.54, 1.807) is 0 Å². The van der Waals surface area contributed by atoms with Gasteiger partial charge in [0.1, 0.15) is 6.10 Å². The van der Waals surface area contributed by atoms with Gasteiger partial charge in [-0.25, -0.2) is 0 Å². The van der Waals surface area contributed by atoms with Crippen LogP contribution in [0.15, 0.2) is 0 Å². The lowest BCUT2D eigenvalue weighted by Gasteiger charge is -2.30. The van der Waals surface area contributed by atoms with Crippen molar-refractivity contribution in [2.75, 3.05) is 6.61 Å². The monoisotopic (exact) mass is 368 g/mol. The van der Waals surface area contributed by atoms with E-state index < -0.39 is 0 Å². The highest BCUT2D eigenvalue weighted by Crippen LogP contribution is 2.33. The van der Waals surface area contributed by atoms with Crippen LogP contribution in [-0.4, -0.2) is 24.6 Å². The predicted molar refractivity (Wildman–Crippen MR) is 105 cm³/mol. The molecule has 1 aliphatic carbocycles. The van der Waals surface area contributed by atoms with Crippen LogP contribution >= 0.6 is 0 Å². The van der Waals surface area contributed by atoms with E-state index in [-0.39, 0.29) is 29.9 Å². The van der Waals surface area contributed by atoms with Gasteiger partial charge in [0.15, 0.2) is 0 Å². The number of carbonyl (C=O) groups excluding carboxylic acids is 2. The molecule has 3 unspecified atom stereocenters. The van der Waals surface area contributed by atoms with Crippen LogP contribution in [-0.2, 0) is 19.1 Å². The molecule has 0 aromatic heterocycles. The van der Waals surface area contributed by atoms with Crippen molar-refractivity contribution < 1.29 is 19.1 Å². The highest BCUT2D eigenvalue weighted by atomic mass is 16.5. The van der Waals surface area contributed by atoms with Gasteiger partial charge in [-0.2, -0.15) is 0 Å². The Balaban J connectivity index is 2.53. The summed E-state index contributed by atoms with van der Waals surface area (Å²) in [5.41, 5.74) is 0. The quantitative estimate of drug-likeness (QED) is 0.304. The normalized spacial score (nSPS) is 21.2. The van der Waals surface area contributed by atoms with Crippen molar-refractivity contribution in [3.8, 4) is 0 Å². The number of ether oxygens (including phenoxy) is 2. The highest BCUT2D eigenvalue weighted by molar-refractivity contribution is 5.82. The Bertz CT molecular complexity index is 394. The first-order valence-electron chi connectivity index (χ1n) is 11.0. The predicted octanol–water partition coefficient (Wildman–Crippen LogP) is 5.82. The average Bonchev–Trinajstić information content (AvgIpc) is 2.65. The third-order valence-corrected chi connectivity index (χ3v) is 5.39. The zero-order chi connectivity index (χ0) is 19.2. The van der Waals surface area contributed by atoms with Gasteiger partial charge in [-0.05, 0) is 32.1 Å². The Labute approximate surface area is 160 Å². The zero-order valence-corrected chi connectivity index (χ0v) is 17.3. The van der Waals surface area contributed by atoms with Crippen LogP contribution in [0.1, 0.15) is 104 Å². The molecule has 1 rings (SSSR count). The summed E-state index contributed by atoms with van der Waals surface area (Å²) in [5.74, 6) is -0.986. The van der Waals surface area contributed by atoms with Crippen LogP contribution < -0.4 is 0 Å². The summed E-state index contributed by atoms with van der Waals surface area (Å²) in [5, 5.41) is 0. The minimum absolute atomic E-state index is 0.0000841. The lowest BCUT2D eigenvalue weighted by molar-refractivity contribution is -0.166. The van der Waals surface area contributed by atoms with E-state index >= 15 is 0 Å². The average molecular weight is 369 g/mol. The second-order valence-corrected chi connectivity index (χ2v) is 7.72. The summed E-state index contributed by atoms with van der Waals surface area (Å²) < 4.78 is 11.3. The third kappa shape index (κ3) is 8.55. The van der Waals surface area contributed by atoms with Crippen molar-refractivity contribution in [2.45, 2.75) is 110 Å². The fourth-order valence-electron chi connectivity index (χ4n) is 3.77. The van der Waals surface area contributed by atoms with E-state index in [0.717, 1.165) is 70.6 Å². The van der Waals surface area contributed by atoms with Gasteiger partial charge in [0, 0.05) is 0 Å². The lowest BCUT2D eigenvalue weighted by atomic mass is 9.79. The summed E-state index contributed by atoms with van der Waals surface area (Å²) in [6.45, 7) is 6.91. The van der Waals surface area contributed by atoms with E-state index in [2.05, 4.69) is 20.8 Å². The molecule has 0 radical (unpaired) electrons. The maximum Gasteiger partial charge on any atom is 0.310 e. The first-order chi connectivity index (χ1) is 12.6. The Hall–Kier alpha value is -1.06. The Kier molecular flexibility index (Phi) is 12.4. The molecule has 1 aliphatic rings. The number of hydrogen-bond acceptors (Lipinski definition) is 4. The van der Waals surface area contributed by atoms with E-state index in [9.17, 15) is 9.59 Å². The molecule has 0 aromatic carbocycles. The van der Waals surface area contributed by atoms with Crippen LogP contribution in [0.4, 0.5) is 0 Å². The maximum absolute atomic E-state index is 12.7. The van der Waals surface area contributed by atoms with Gasteiger partial charge in [-0.15, -0.1) is 0 Å². The van der Waals surface area contributed by atoms with Crippen LogP contribution in [0.3, 0.4) is 0 Å². The largest absolute Gasteiger partial charge is 0.465 e. The van der Waals surface area contributed by atoms with Crippen molar-refractivity contribution in [3.63, 3.8) is 0 Å². The van der Waals surface area contributed by atoms with Crippen LogP contribution in [0.5, 0.6) is 0 Å². The molecule has 4 heteroatoms. The molecule has 0 aromatic rings. The Morgan fingerprint density at radius 1 is 0.808 bits per heavy atom. The molecule has 26 heavy (non-hydrogen) atoms. The molecule has 4 nitrogen and oxygen atoms in total. The summed E-state index contributed by atoms with van der Waals surface area (Å²) in [6, 6.07) is 0. The number of unbranched alkanes of at least 4 members (excludes halogenated alkanes) is 4. The molecule has 0 spiro atoms. The molecule has 152 valence electrons. The SMILES string of the molecule is CCCCCCOC(=O)C1CCCCC1C(=O)OC(CCC)CCCC. The molecule has 0 saturated heterocycles. The fourth-order valence-corrected chi connectivity index (χ4v) is 3.77. The highest BCUT2D eigenvalue weighted by Gasteiger charge is 2.38.